The Kier molecular flexibility index (Phi) is 4.31. The number of hydrogen-bond donors (Lipinski definition) is 1. The topological polar surface area (TPSA) is 35.8 Å². The van der Waals surface area contributed by atoms with Crippen LogP contribution in [0.4, 0.5) is 18.9 Å². The average Bonchev–Trinajstić information content (AvgIpc) is 2.58. The van der Waals surface area contributed by atoms with Crippen molar-refractivity contribution in [1.82, 2.24) is 0 Å². The van der Waals surface area contributed by atoms with Crippen molar-refractivity contribution < 1.29 is 13.2 Å². The molecule has 1 fully saturated rings. The quantitative estimate of drug-likeness (QED) is 0.823. The predicted octanol–water partition coefficient (Wildman–Crippen LogP) is 3.99. The molecule has 0 bridgehead atoms. The van der Waals surface area contributed by atoms with Crippen LogP contribution in [0.5, 0.6) is 0 Å². The Hall–Kier alpha value is -1.70. The number of anilines is 1. The van der Waals surface area contributed by atoms with E-state index in [4.69, 9.17) is 5.26 Å². The Morgan fingerprint density at radius 1 is 1.05 bits per heavy atom. The van der Waals surface area contributed by atoms with Crippen LogP contribution in [0.3, 0.4) is 0 Å². The molecule has 0 saturated heterocycles. The van der Waals surface area contributed by atoms with E-state index in [-0.39, 0.29) is 17.6 Å². The van der Waals surface area contributed by atoms with Gasteiger partial charge in [-0.3, -0.25) is 0 Å². The van der Waals surface area contributed by atoms with Gasteiger partial charge in [0.15, 0.2) is 11.6 Å². The average molecular weight is 268 g/mol. The molecule has 2 rings (SSSR count). The van der Waals surface area contributed by atoms with Gasteiger partial charge in [-0.2, -0.15) is 5.26 Å². The molecule has 0 radical (unpaired) electrons. The van der Waals surface area contributed by atoms with Crippen molar-refractivity contribution in [2.24, 2.45) is 5.92 Å². The minimum absolute atomic E-state index is 0.272. The molecule has 0 amide bonds. The second-order valence-electron chi connectivity index (χ2n) is 4.87. The van der Waals surface area contributed by atoms with E-state index in [1.165, 1.54) is 0 Å². The molecular formula is C14H15F3N2. The van der Waals surface area contributed by atoms with E-state index < -0.39 is 17.5 Å². The minimum Gasteiger partial charge on any atom is -0.376 e. The van der Waals surface area contributed by atoms with Crippen LogP contribution in [0.1, 0.15) is 32.1 Å². The first-order valence-electron chi connectivity index (χ1n) is 6.42. The van der Waals surface area contributed by atoms with E-state index in [0.717, 1.165) is 25.7 Å². The minimum atomic E-state index is -0.960. The van der Waals surface area contributed by atoms with Gasteiger partial charge in [0, 0.05) is 18.2 Å². The first-order valence-corrected chi connectivity index (χ1v) is 6.42. The molecule has 2 nitrogen and oxygen atoms in total. The highest BCUT2D eigenvalue weighted by atomic mass is 19.1. The molecule has 5 heteroatoms. The van der Waals surface area contributed by atoms with Gasteiger partial charge in [0.25, 0.3) is 0 Å². The fraction of sp³-hybridized carbons (Fsp3) is 0.500. The van der Waals surface area contributed by atoms with Gasteiger partial charge >= 0.3 is 0 Å². The van der Waals surface area contributed by atoms with E-state index in [0.29, 0.717) is 18.6 Å². The van der Waals surface area contributed by atoms with Crippen LogP contribution in [0.25, 0.3) is 0 Å². The lowest BCUT2D eigenvalue weighted by Gasteiger charge is -2.22. The highest BCUT2D eigenvalue weighted by molar-refractivity contribution is 5.47. The SMILES string of the molecule is N#CC1CCCCCC1Nc1c(F)cc(F)cc1F. The predicted molar refractivity (Wildman–Crippen MR) is 65.9 cm³/mol. The van der Waals surface area contributed by atoms with Crippen molar-refractivity contribution in [2.45, 2.75) is 38.1 Å². The molecule has 1 saturated carbocycles. The summed E-state index contributed by atoms with van der Waals surface area (Å²) in [6.07, 6.45) is 4.29. The van der Waals surface area contributed by atoms with Crippen molar-refractivity contribution in [3.8, 4) is 6.07 Å². The largest absolute Gasteiger partial charge is 0.376 e. The lowest BCUT2D eigenvalue weighted by atomic mass is 9.96. The Labute approximate surface area is 110 Å². The smallest absolute Gasteiger partial charge is 0.152 e. The van der Waals surface area contributed by atoms with Crippen molar-refractivity contribution >= 4 is 5.69 Å². The molecule has 0 aromatic heterocycles. The molecule has 0 aliphatic heterocycles. The molecule has 102 valence electrons. The lowest BCUT2D eigenvalue weighted by molar-refractivity contribution is 0.498. The van der Waals surface area contributed by atoms with Crippen LogP contribution in [0.2, 0.25) is 0 Å². The molecule has 2 atom stereocenters. The molecule has 1 aromatic carbocycles. The summed E-state index contributed by atoms with van der Waals surface area (Å²) in [7, 11) is 0. The van der Waals surface area contributed by atoms with Crippen LogP contribution >= 0.6 is 0 Å². The number of nitrogens with one attached hydrogen (secondary N) is 1. The second-order valence-corrected chi connectivity index (χ2v) is 4.87. The number of rotatable bonds is 2. The molecule has 0 spiro atoms. The van der Waals surface area contributed by atoms with Crippen molar-refractivity contribution in [3.05, 3.63) is 29.6 Å². The van der Waals surface area contributed by atoms with E-state index in [1.54, 1.807) is 0 Å². The maximum Gasteiger partial charge on any atom is 0.152 e. The number of benzene rings is 1. The highest BCUT2D eigenvalue weighted by Gasteiger charge is 2.25. The van der Waals surface area contributed by atoms with Crippen molar-refractivity contribution in [3.63, 3.8) is 0 Å². The summed E-state index contributed by atoms with van der Waals surface area (Å²) in [6.45, 7) is 0. The summed E-state index contributed by atoms with van der Waals surface area (Å²) in [5, 5.41) is 11.9. The van der Waals surface area contributed by atoms with Gasteiger partial charge in [0.05, 0.1) is 12.0 Å². The summed E-state index contributed by atoms with van der Waals surface area (Å²) in [5.74, 6) is -3.14. The van der Waals surface area contributed by atoms with Gasteiger partial charge in [0.1, 0.15) is 11.5 Å². The maximum absolute atomic E-state index is 13.6. The van der Waals surface area contributed by atoms with Gasteiger partial charge in [-0.05, 0) is 12.8 Å². The van der Waals surface area contributed by atoms with Crippen molar-refractivity contribution in [2.75, 3.05) is 5.32 Å². The standard InChI is InChI=1S/C14H15F3N2/c15-10-6-11(16)14(12(17)7-10)19-13-5-3-1-2-4-9(13)8-18/h6-7,9,13,19H,1-5H2. The van der Waals surface area contributed by atoms with Crippen LogP contribution in [0.15, 0.2) is 12.1 Å². The summed E-state index contributed by atoms with van der Waals surface area (Å²) >= 11 is 0. The van der Waals surface area contributed by atoms with Gasteiger partial charge in [0.2, 0.25) is 0 Å². The molecule has 0 heterocycles. The molecule has 1 aliphatic rings. The van der Waals surface area contributed by atoms with E-state index in [1.807, 2.05) is 0 Å². The number of nitriles is 1. The van der Waals surface area contributed by atoms with Gasteiger partial charge in [-0.15, -0.1) is 0 Å². The molecule has 1 aromatic rings. The summed E-state index contributed by atoms with van der Waals surface area (Å²) in [4.78, 5) is 0. The first-order chi connectivity index (χ1) is 9.11. The number of nitrogens with zero attached hydrogens (tertiary/aromatic N) is 1. The number of hydrogen-bond acceptors (Lipinski definition) is 2. The zero-order chi connectivity index (χ0) is 13.8. The Balaban J connectivity index is 2.22. The monoisotopic (exact) mass is 268 g/mol. The molecule has 2 unspecified atom stereocenters. The molecule has 19 heavy (non-hydrogen) atoms. The third-order valence-electron chi connectivity index (χ3n) is 3.52. The molecule has 1 aliphatic carbocycles. The highest BCUT2D eigenvalue weighted by Crippen LogP contribution is 2.28. The zero-order valence-electron chi connectivity index (χ0n) is 10.4. The van der Waals surface area contributed by atoms with Gasteiger partial charge in [-0.1, -0.05) is 19.3 Å². The van der Waals surface area contributed by atoms with E-state index >= 15 is 0 Å². The van der Waals surface area contributed by atoms with E-state index in [9.17, 15) is 13.2 Å². The number of halogens is 3. The fourth-order valence-electron chi connectivity index (χ4n) is 2.50. The summed E-state index contributed by atoms with van der Waals surface area (Å²) in [6, 6.07) is 3.18. The Morgan fingerprint density at radius 3 is 2.32 bits per heavy atom. The summed E-state index contributed by atoms with van der Waals surface area (Å²) in [5.41, 5.74) is -0.339. The lowest BCUT2D eigenvalue weighted by Crippen LogP contribution is -2.28. The Morgan fingerprint density at radius 2 is 1.68 bits per heavy atom. The zero-order valence-corrected chi connectivity index (χ0v) is 10.4. The third-order valence-corrected chi connectivity index (χ3v) is 3.52. The van der Waals surface area contributed by atoms with Gasteiger partial charge in [-0.25, -0.2) is 13.2 Å². The van der Waals surface area contributed by atoms with Crippen LogP contribution in [-0.2, 0) is 0 Å². The van der Waals surface area contributed by atoms with Gasteiger partial charge < -0.3 is 5.32 Å². The van der Waals surface area contributed by atoms with Crippen LogP contribution in [-0.4, -0.2) is 6.04 Å². The first kappa shape index (κ1) is 13.7. The molecule has 1 N–H and O–H groups in total. The Bertz CT molecular complexity index is 473. The molecular weight excluding hydrogens is 253 g/mol. The van der Waals surface area contributed by atoms with E-state index in [2.05, 4.69) is 11.4 Å². The summed E-state index contributed by atoms with van der Waals surface area (Å²) < 4.78 is 40.0. The third kappa shape index (κ3) is 3.19. The maximum atomic E-state index is 13.6. The normalized spacial score (nSPS) is 23.5. The second kappa shape index (κ2) is 5.96. The van der Waals surface area contributed by atoms with Crippen molar-refractivity contribution in [1.29, 1.82) is 5.26 Å². The van der Waals surface area contributed by atoms with Crippen LogP contribution in [0, 0.1) is 34.7 Å². The van der Waals surface area contributed by atoms with Crippen LogP contribution < -0.4 is 5.32 Å². The fourth-order valence-corrected chi connectivity index (χ4v) is 2.50.